The lowest BCUT2D eigenvalue weighted by molar-refractivity contribution is -0.385. The van der Waals surface area contributed by atoms with Gasteiger partial charge in [-0.2, -0.15) is 13.2 Å². The van der Waals surface area contributed by atoms with Crippen LogP contribution in [-0.4, -0.2) is 17.6 Å². The van der Waals surface area contributed by atoms with E-state index in [-0.39, 0.29) is 26.2 Å². The number of hydrogen-bond acceptors (Lipinski definition) is 5. The molecule has 3 aromatic carbocycles. The predicted molar refractivity (Wildman–Crippen MR) is 116 cm³/mol. The molecule has 1 unspecified atom stereocenters. The molecule has 3 aromatic rings. The van der Waals surface area contributed by atoms with Crippen LogP contribution in [0.3, 0.4) is 0 Å². The Morgan fingerprint density at radius 1 is 1.00 bits per heavy atom. The first-order chi connectivity index (χ1) is 15.3. The van der Waals surface area contributed by atoms with E-state index in [9.17, 15) is 35.9 Å². The van der Waals surface area contributed by atoms with E-state index in [0.29, 0.717) is 6.07 Å². The number of sulfonamides is 1. The number of nitrogens with one attached hydrogen (secondary N) is 1. The third-order valence-electron chi connectivity index (χ3n) is 4.18. The number of hydrogen-bond donors (Lipinski definition) is 1. The first-order valence-electron chi connectivity index (χ1n) is 8.65. The first kappa shape index (κ1) is 25.0. The summed E-state index contributed by atoms with van der Waals surface area (Å²) in [6, 6.07) is 10.6. The van der Waals surface area contributed by atoms with Crippen LogP contribution in [0.5, 0.6) is 0 Å². The number of halogens is 5. The van der Waals surface area contributed by atoms with Gasteiger partial charge in [0.15, 0.2) is 0 Å². The number of anilines is 1. The van der Waals surface area contributed by atoms with E-state index < -0.39 is 47.4 Å². The molecule has 174 valence electrons. The topological polar surface area (TPSA) is 106 Å². The Labute approximate surface area is 197 Å². The molecule has 0 saturated heterocycles. The van der Waals surface area contributed by atoms with Crippen molar-refractivity contribution in [1.82, 2.24) is 0 Å². The second kappa shape index (κ2) is 9.29. The molecule has 0 saturated carbocycles. The average molecular weight is 539 g/mol. The van der Waals surface area contributed by atoms with Gasteiger partial charge in [-0.25, -0.2) is 12.6 Å². The molecule has 0 aromatic heterocycles. The molecule has 0 fully saturated rings. The number of benzene rings is 3. The van der Waals surface area contributed by atoms with Crippen LogP contribution in [-0.2, 0) is 27.0 Å². The van der Waals surface area contributed by atoms with E-state index in [4.69, 9.17) is 23.2 Å². The molecule has 0 amide bonds. The number of nitrogens with zero attached hydrogens (tertiary/aromatic N) is 1. The third-order valence-corrected chi connectivity index (χ3v) is 7.55. The number of nitro benzene ring substituents is 1. The standard InChI is InChI=1S/C19H11Cl2F3N2O5S2/c20-11-4-7-18(32(29)13-3-1-2-12(9-13)26(27)28)17(8-11)25-33(30,31)14-5-6-16(21)15(10-14)19(22,23)24/h1-10,25H. The van der Waals surface area contributed by atoms with Crippen LogP contribution in [0.15, 0.2) is 75.4 Å². The minimum absolute atomic E-state index is 0.00202. The van der Waals surface area contributed by atoms with E-state index in [0.717, 1.165) is 24.3 Å². The third kappa shape index (κ3) is 5.64. The Morgan fingerprint density at radius 2 is 1.70 bits per heavy atom. The quantitative estimate of drug-likeness (QED) is 0.311. The summed E-state index contributed by atoms with van der Waals surface area (Å²) in [4.78, 5) is 9.45. The average Bonchev–Trinajstić information content (AvgIpc) is 2.72. The van der Waals surface area contributed by atoms with Crippen molar-refractivity contribution < 1.29 is 30.7 Å². The minimum atomic E-state index is -4.90. The maximum atomic E-state index is 13.1. The van der Waals surface area contributed by atoms with Crippen molar-refractivity contribution in [2.45, 2.75) is 20.9 Å². The van der Waals surface area contributed by atoms with Crippen molar-refractivity contribution in [2.24, 2.45) is 0 Å². The van der Waals surface area contributed by atoms with Crippen LogP contribution in [0.2, 0.25) is 10.0 Å². The monoisotopic (exact) mass is 538 g/mol. The fourth-order valence-corrected chi connectivity index (χ4v) is 5.42. The SMILES string of the molecule is O=[N+]([O-])c1cccc(S(=O)c2ccc(Cl)cc2NS(=O)(=O)c2ccc(Cl)c(C(F)(F)F)c2)c1. The molecule has 0 aliphatic rings. The number of non-ortho nitro benzene ring substituents is 1. The van der Waals surface area contributed by atoms with E-state index in [1.165, 1.54) is 30.3 Å². The second-order valence-electron chi connectivity index (χ2n) is 6.41. The van der Waals surface area contributed by atoms with E-state index >= 15 is 0 Å². The largest absolute Gasteiger partial charge is 0.417 e. The Bertz CT molecular complexity index is 1380. The zero-order chi connectivity index (χ0) is 24.6. The summed E-state index contributed by atoms with van der Waals surface area (Å²) in [5, 5.41) is 10.4. The van der Waals surface area contributed by atoms with Gasteiger partial charge >= 0.3 is 6.18 Å². The van der Waals surface area contributed by atoms with Gasteiger partial charge in [0, 0.05) is 17.2 Å². The van der Waals surface area contributed by atoms with Gasteiger partial charge < -0.3 is 0 Å². The first-order valence-corrected chi connectivity index (χ1v) is 12.0. The molecular weight excluding hydrogens is 528 g/mol. The summed E-state index contributed by atoms with van der Waals surface area (Å²) in [5.74, 6) is 0. The van der Waals surface area contributed by atoms with Crippen LogP contribution in [0.25, 0.3) is 0 Å². The summed E-state index contributed by atoms with van der Waals surface area (Å²) in [7, 11) is -6.70. The van der Waals surface area contributed by atoms with Crippen molar-refractivity contribution in [3.05, 3.63) is 86.4 Å². The van der Waals surface area contributed by atoms with Gasteiger partial charge in [0.05, 0.1) is 46.7 Å². The maximum absolute atomic E-state index is 13.1. The lowest BCUT2D eigenvalue weighted by atomic mass is 10.2. The molecule has 0 aliphatic carbocycles. The fraction of sp³-hybridized carbons (Fsp3) is 0.0526. The van der Waals surface area contributed by atoms with Crippen molar-refractivity contribution in [2.75, 3.05) is 4.72 Å². The lowest BCUT2D eigenvalue weighted by Gasteiger charge is -2.15. The number of rotatable bonds is 6. The lowest BCUT2D eigenvalue weighted by Crippen LogP contribution is -2.16. The molecule has 0 bridgehead atoms. The zero-order valence-electron chi connectivity index (χ0n) is 16.0. The molecule has 0 radical (unpaired) electrons. The normalized spacial score (nSPS) is 12.9. The Hall–Kier alpha value is -2.67. The van der Waals surface area contributed by atoms with Gasteiger partial charge in [-0.3, -0.25) is 14.8 Å². The van der Waals surface area contributed by atoms with Crippen LogP contribution in [0.1, 0.15) is 5.56 Å². The molecule has 3 rings (SSSR count). The van der Waals surface area contributed by atoms with Gasteiger partial charge in [0.25, 0.3) is 15.7 Å². The molecule has 0 aliphatic heterocycles. The Balaban J connectivity index is 2.05. The van der Waals surface area contributed by atoms with Crippen molar-refractivity contribution in [1.29, 1.82) is 0 Å². The Kier molecular flexibility index (Phi) is 7.03. The molecular formula is C19H11Cl2F3N2O5S2. The fourth-order valence-electron chi connectivity index (χ4n) is 2.68. The number of nitro groups is 1. The van der Waals surface area contributed by atoms with Gasteiger partial charge in [-0.1, -0.05) is 29.3 Å². The van der Waals surface area contributed by atoms with Crippen LogP contribution in [0.4, 0.5) is 24.5 Å². The van der Waals surface area contributed by atoms with Crippen LogP contribution in [0, 0.1) is 10.1 Å². The highest BCUT2D eigenvalue weighted by Gasteiger charge is 2.34. The molecule has 33 heavy (non-hydrogen) atoms. The number of alkyl halides is 3. The van der Waals surface area contributed by atoms with Gasteiger partial charge in [-0.15, -0.1) is 0 Å². The summed E-state index contributed by atoms with van der Waals surface area (Å²) < 4.78 is 80.2. The molecule has 0 spiro atoms. The smallest absolute Gasteiger partial charge is 0.278 e. The van der Waals surface area contributed by atoms with E-state index in [2.05, 4.69) is 4.72 Å². The van der Waals surface area contributed by atoms with E-state index in [1.54, 1.807) is 0 Å². The van der Waals surface area contributed by atoms with Crippen molar-refractivity contribution in [3.63, 3.8) is 0 Å². The van der Waals surface area contributed by atoms with Crippen molar-refractivity contribution in [3.8, 4) is 0 Å². The molecule has 7 nitrogen and oxygen atoms in total. The summed E-state index contributed by atoms with van der Waals surface area (Å²) >= 11 is 11.5. The molecule has 1 atom stereocenters. The molecule has 14 heteroatoms. The highest BCUT2D eigenvalue weighted by Crippen LogP contribution is 2.37. The second-order valence-corrected chi connectivity index (χ2v) is 10.4. The van der Waals surface area contributed by atoms with Gasteiger partial charge in [0.2, 0.25) is 0 Å². The summed E-state index contributed by atoms with van der Waals surface area (Å²) in [6.45, 7) is 0. The predicted octanol–water partition coefficient (Wildman–Crippen LogP) is 5.89. The highest BCUT2D eigenvalue weighted by molar-refractivity contribution is 7.93. The molecule has 1 N–H and O–H groups in total. The highest BCUT2D eigenvalue weighted by atomic mass is 35.5. The Morgan fingerprint density at radius 3 is 2.33 bits per heavy atom. The minimum Gasteiger partial charge on any atom is -0.278 e. The van der Waals surface area contributed by atoms with Crippen LogP contribution >= 0.6 is 23.2 Å². The maximum Gasteiger partial charge on any atom is 0.417 e. The van der Waals surface area contributed by atoms with Crippen molar-refractivity contribution >= 4 is 55.4 Å². The van der Waals surface area contributed by atoms with Gasteiger partial charge in [0.1, 0.15) is 0 Å². The van der Waals surface area contributed by atoms with E-state index in [1.807, 2.05) is 0 Å². The van der Waals surface area contributed by atoms with Gasteiger partial charge in [-0.05, 0) is 42.5 Å². The molecule has 0 heterocycles. The summed E-state index contributed by atoms with van der Waals surface area (Å²) in [5.41, 5.74) is -1.97. The van der Waals surface area contributed by atoms with Crippen LogP contribution < -0.4 is 4.72 Å². The summed E-state index contributed by atoms with van der Waals surface area (Å²) in [6.07, 6.45) is -4.90. The zero-order valence-corrected chi connectivity index (χ0v) is 19.1.